The zero-order chi connectivity index (χ0) is 16.4. The number of likely N-dealkylation sites (tertiary alicyclic amines) is 1. The maximum absolute atomic E-state index is 13.8. The highest BCUT2D eigenvalue weighted by atomic mass is 19.1. The molecule has 1 aliphatic heterocycles. The van der Waals surface area contributed by atoms with Gasteiger partial charge in [-0.25, -0.2) is 4.39 Å². The second kappa shape index (κ2) is 6.61. The third-order valence-corrected chi connectivity index (χ3v) is 4.71. The molecule has 3 heterocycles. The molecular weight excluding hydrogens is 303 g/mol. The predicted molar refractivity (Wildman–Crippen MR) is 90.9 cm³/mol. The Labute approximate surface area is 140 Å². The van der Waals surface area contributed by atoms with E-state index in [9.17, 15) is 4.39 Å². The Morgan fingerprint density at radius 3 is 2.92 bits per heavy atom. The molecule has 1 atom stereocenters. The second-order valence-corrected chi connectivity index (χ2v) is 6.39. The molecule has 0 saturated carbocycles. The van der Waals surface area contributed by atoms with Crippen LogP contribution >= 0.6 is 0 Å². The number of rotatable bonds is 5. The summed E-state index contributed by atoms with van der Waals surface area (Å²) in [6.07, 6.45) is 8.30. The summed E-state index contributed by atoms with van der Waals surface area (Å²) in [5, 5.41) is 4.40. The van der Waals surface area contributed by atoms with Gasteiger partial charge in [0.25, 0.3) is 0 Å². The van der Waals surface area contributed by atoms with E-state index in [0.29, 0.717) is 18.2 Å². The Hall–Kier alpha value is -2.40. The van der Waals surface area contributed by atoms with Gasteiger partial charge in [0.2, 0.25) is 0 Å². The Morgan fingerprint density at radius 2 is 2.08 bits per heavy atom. The Kier molecular flexibility index (Phi) is 4.17. The molecule has 3 aromatic rings. The normalized spacial score (nSPS) is 18.3. The summed E-state index contributed by atoms with van der Waals surface area (Å²) in [5.74, 6) is -0.180. The topological polar surface area (TPSA) is 36.9 Å². The van der Waals surface area contributed by atoms with E-state index in [4.69, 9.17) is 0 Å². The molecule has 1 aliphatic rings. The smallest absolute Gasteiger partial charge is 0.128 e. The van der Waals surface area contributed by atoms with E-state index in [-0.39, 0.29) is 5.82 Å². The van der Waals surface area contributed by atoms with Gasteiger partial charge < -0.3 is 4.98 Å². The van der Waals surface area contributed by atoms with Crippen LogP contribution in [0.2, 0.25) is 0 Å². The average molecular weight is 324 g/mol. The highest BCUT2D eigenvalue weighted by Gasteiger charge is 2.26. The summed E-state index contributed by atoms with van der Waals surface area (Å²) in [6, 6.07) is 11.5. The second-order valence-electron chi connectivity index (χ2n) is 6.39. The lowest BCUT2D eigenvalue weighted by Gasteiger charge is -2.22. The van der Waals surface area contributed by atoms with E-state index < -0.39 is 0 Å². The molecule has 0 bridgehead atoms. The third-order valence-electron chi connectivity index (χ3n) is 4.71. The molecule has 0 radical (unpaired) electrons. The van der Waals surface area contributed by atoms with Gasteiger partial charge in [-0.3, -0.25) is 9.58 Å². The van der Waals surface area contributed by atoms with Crippen molar-refractivity contribution >= 4 is 0 Å². The van der Waals surface area contributed by atoms with Crippen LogP contribution in [-0.4, -0.2) is 26.2 Å². The van der Waals surface area contributed by atoms with Crippen LogP contribution in [0.1, 0.15) is 35.7 Å². The maximum Gasteiger partial charge on any atom is 0.128 e. The lowest BCUT2D eigenvalue weighted by Crippen LogP contribution is -2.22. The minimum Gasteiger partial charge on any atom is -0.364 e. The summed E-state index contributed by atoms with van der Waals surface area (Å²) < 4.78 is 15.6. The standard InChI is InChI=1S/C19H21FN4/c20-17-6-2-1-5-16(17)14-24-13-15(11-22-24)12-23-10-4-8-19(23)18-7-3-9-21-18/h1-3,5-7,9,11,13,19,21H,4,8,10,12,14H2. The quantitative estimate of drug-likeness (QED) is 0.776. The largest absolute Gasteiger partial charge is 0.364 e. The molecule has 1 aromatic carbocycles. The molecule has 1 fully saturated rings. The first-order chi connectivity index (χ1) is 11.8. The molecule has 1 N–H and O–H groups in total. The molecule has 0 aliphatic carbocycles. The predicted octanol–water partition coefficient (Wildman–Crippen LogP) is 3.74. The Balaban J connectivity index is 1.44. The van der Waals surface area contributed by atoms with E-state index in [1.165, 1.54) is 30.2 Å². The van der Waals surface area contributed by atoms with Crippen molar-refractivity contribution in [2.45, 2.75) is 32.0 Å². The molecule has 5 heteroatoms. The van der Waals surface area contributed by atoms with E-state index >= 15 is 0 Å². The van der Waals surface area contributed by atoms with E-state index in [0.717, 1.165) is 13.1 Å². The summed E-state index contributed by atoms with van der Waals surface area (Å²) in [4.78, 5) is 5.82. The number of nitrogens with one attached hydrogen (secondary N) is 1. The fourth-order valence-corrected chi connectivity index (χ4v) is 3.53. The van der Waals surface area contributed by atoms with Crippen molar-refractivity contribution in [2.75, 3.05) is 6.54 Å². The van der Waals surface area contributed by atoms with Crippen LogP contribution in [0, 0.1) is 5.82 Å². The number of hydrogen-bond acceptors (Lipinski definition) is 2. The number of benzene rings is 1. The van der Waals surface area contributed by atoms with Crippen molar-refractivity contribution in [3.63, 3.8) is 0 Å². The van der Waals surface area contributed by atoms with E-state index in [2.05, 4.69) is 27.1 Å². The van der Waals surface area contributed by atoms with Gasteiger partial charge in [-0.15, -0.1) is 0 Å². The first-order valence-corrected chi connectivity index (χ1v) is 8.42. The lowest BCUT2D eigenvalue weighted by atomic mass is 10.1. The van der Waals surface area contributed by atoms with Gasteiger partial charge >= 0.3 is 0 Å². The van der Waals surface area contributed by atoms with Crippen molar-refractivity contribution in [1.29, 1.82) is 0 Å². The van der Waals surface area contributed by atoms with Crippen molar-refractivity contribution in [3.05, 3.63) is 77.6 Å². The minimum absolute atomic E-state index is 0.180. The van der Waals surface area contributed by atoms with Crippen LogP contribution in [0.4, 0.5) is 4.39 Å². The highest BCUT2D eigenvalue weighted by Crippen LogP contribution is 2.32. The summed E-state index contributed by atoms with van der Waals surface area (Å²) in [5.41, 5.74) is 3.12. The summed E-state index contributed by atoms with van der Waals surface area (Å²) in [6.45, 7) is 2.44. The van der Waals surface area contributed by atoms with Gasteiger partial charge in [0, 0.05) is 35.8 Å². The molecule has 0 spiro atoms. The van der Waals surface area contributed by atoms with Crippen molar-refractivity contribution in [3.8, 4) is 0 Å². The van der Waals surface area contributed by atoms with Gasteiger partial charge in [0.05, 0.1) is 18.8 Å². The number of halogens is 1. The van der Waals surface area contributed by atoms with Gasteiger partial charge in [-0.1, -0.05) is 18.2 Å². The molecular formula is C19H21FN4. The molecule has 4 nitrogen and oxygen atoms in total. The number of aromatic nitrogens is 3. The number of hydrogen-bond donors (Lipinski definition) is 1. The Bertz CT molecular complexity index is 793. The monoisotopic (exact) mass is 324 g/mol. The minimum atomic E-state index is -0.180. The SMILES string of the molecule is Fc1ccccc1Cn1cc(CN2CCCC2c2ccc[nH]2)cn1. The van der Waals surface area contributed by atoms with E-state index in [1.807, 2.05) is 29.3 Å². The van der Waals surface area contributed by atoms with Gasteiger partial charge in [-0.2, -0.15) is 5.10 Å². The molecule has 1 saturated heterocycles. The highest BCUT2D eigenvalue weighted by molar-refractivity contribution is 5.18. The van der Waals surface area contributed by atoms with Crippen LogP contribution in [0.25, 0.3) is 0 Å². The summed E-state index contributed by atoms with van der Waals surface area (Å²) in [7, 11) is 0. The fourth-order valence-electron chi connectivity index (χ4n) is 3.53. The first kappa shape index (κ1) is 15.1. The fraction of sp³-hybridized carbons (Fsp3) is 0.316. The lowest BCUT2D eigenvalue weighted by molar-refractivity contribution is 0.245. The first-order valence-electron chi connectivity index (χ1n) is 8.42. The molecule has 0 amide bonds. The van der Waals surface area contributed by atoms with Crippen LogP contribution in [-0.2, 0) is 13.1 Å². The van der Waals surface area contributed by atoms with Crippen molar-refractivity contribution in [1.82, 2.24) is 19.7 Å². The maximum atomic E-state index is 13.8. The molecule has 2 aromatic heterocycles. The zero-order valence-corrected chi connectivity index (χ0v) is 13.5. The number of aromatic amines is 1. The molecule has 124 valence electrons. The van der Waals surface area contributed by atoms with Gasteiger partial charge in [0.15, 0.2) is 0 Å². The number of nitrogens with zero attached hydrogens (tertiary/aromatic N) is 3. The third kappa shape index (κ3) is 3.12. The molecule has 1 unspecified atom stereocenters. The van der Waals surface area contributed by atoms with Crippen LogP contribution in [0.3, 0.4) is 0 Å². The van der Waals surface area contributed by atoms with Gasteiger partial charge in [-0.05, 0) is 37.6 Å². The average Bonchev–Trinajstić information content (AvgIpc) is 3.32. The van der Waals surface area contributed by atoms with Crippen LogP contribution in [0.5, 0.6) is 0 Å². The Morgan fingerprint density at radius 1 is 1.17 bits per heavy atom. The van der Waals surface area contributed by atoms with Crippen molar-refractivity contribution < 1.29 is 4.39 Å². The molecule has 4 rings (SSSR count). The van der Waals surface area contributed by atoms with Crippen molar-refractivity contribution in [2.24, 2.45) is 0 Å². The van der Waals surface area contributed by atoms with E-state index in [1.54, 1.807) is 12.1 Å². The summed E-state index contributed by atoms with van der Waals surface area (Å²) >= 11 is 0. The molecule has 24 heavy (non-hydrogen) atoms. The van der Waals surface area contributed by atoms with Gasteiger partial charge in [0.1, 0.15) is 5.82 Å². The number of H-pyrrole nitrogens is 1. The van der Waals surface area contributed by atoms with Crippen LogP contribution in [0.15, 0.2) is 55.0 Å². The zero-order valence-electron chi connectivity index (χ0n) is 13.5. The van der Waals surface area contributed by atoms with Crippen LogP contribution < -0.4 is 0 Å².